The van der Waals surface area contributed by atoms with E-state index in [1.807, 2.05) is 80.7 Å². The predicted molar refractivity (Wildman–Crippen MR) is 145 cm³/mol. The lowest BCUT2D eigenvalue weighted by Gasteiger charge is -2.48. The maximum atomic E-state index is 14.5. The normalized spacial score (nSPS) is 25.4. The van der Waals surface area contributed by atoms with Gasteiger partial charge in [0.1, 0.15) is 0 Å². The molecule has 4 atom stereocenters. The van der Waals surface area contributed by atoms with E-state index in [1.54, 1.807) is 0 Å². The zero-order valence-corrected chi connectivity index (χ0v) is 20.8. The van der Waals surface area contributed by atoms with Crippen molar-refractivity contribution in [3.63, 3.8) is 0 Å². The highest BCUT2D eigenvalue weighted by Gasteiger charge is 2.65. The molecule has 0 saturated carbocycles. The number of amides is 2. The SMILES string of the molecule is Cc1ccc(N2C(=O)[C@H]3[C@H]4c5ccc(cc5)[C@@](C=Nc5ccccc5)(c5ccccc54)[C@@H]3C2=O)c(C)c1. The van der Waals surface area contributed by atoms with Crippen molar-refractivity contribution >= 4 is 29.4 Å². The first-order valence-corrected chi connectivity index (χ1v) is 12.8. The Morgan fingerprint density at radius 2 is 1.54 bits per heavy atom. The molecule has 6 aliphatic rings. The summed E-state index contributed by atoms with van der Waals surface area (Å²) >= 11 is 0. The lowest BCUT2D eigenvalue weighted by molar-refractivity contribution is -0.122. The molecule has 37 heavy (non-hydrogen) atoms. The number of nitrogens with zero attached hydrogens (tertiary/aromatic N) is 2. The number of imide groups is 1. The monoisotopic (exact) mass is 482 g/mol. The van der Waals surface area contributed by atoms with Crippen molar-refractivity contribution in [2.24, 2.45) is 16.8 Å². The van der Waals surface area contributed by atoms with Gasteiger partial charge in [0.15, 0.2) is 0 Å². The molecule has 4 heteroatoms. The van der Waals surface area contributed by atoms with Crippen molar-refractivity contribution in [3.05, 3.63) is 130 Å². The molecule has 0 radical (unpaired) electrons. The van der Waals surface area contributed by atoms with E-state index in [0.717, 1.165) is 39.1 Å². The number of rotatable bonds is 3. The minimum Gasteiger partial charge on any atom is -0.274 e. The Bertz CT molecular complexity index is 1610. The third kappa shape index (κ3) is 2.93. The lowest BCUT2D eigenvalue weighted by Crippen LogP contribution is -2.51. The molecule has 0 unspecified atom stereocenters. The first-order valence-electron chi connectivity index (χ1n) is 12.8. The fourth-order valence-electron chi connectivity index (χ4n) is 6.91. The molecule has 4 aromatic carbocycles. The number of carbonyl (C=O) groups excluding carboxylic acids is 2. The second-order valence-electron chi connectivity index (χ2n) is 10.5. The summed E-state index contributed by atoms with van der Waals surface area (Å²) in [5.74, 6) is -1.57. The van der Waals surface area contributed by atoms with Gasteiger partial charge < -0.3 is 0 Å². The molecule has 4 bridgehead atoms. The van der Waals surface area contributed by atoms with Crippen LogP contribution in [0.4, 0.5) is 11.4 Å². The van der Waals surface area contributed by atoms with Gasteiger partial charge in [-0.1, -0.05) is 84.4 Å². The van der Waals surface area contributed by atoms with Crippen LogP contribution in [-0.2, 0) is 15.0 Å². The molecule has 1 heterocycles. The van der Waals surface area contributed by atoms with Gasteiger partial charge in [0.25, 0.3) is 0 Å². The van der Waals surface area contributed by atoms with Gasteiger partial charge in [0.05, 0.1) is 28.6 Å². The Hall–Kier alpha value is -4.31. The van der Waals surface area contributed by atoms with E-state index in [0.29, 0.717) is 5.69 Å². The molecular formula is C33H26N2O2. The quantitative estimate of drug-likeness (QED) is 0.256. The van der Waals surface area contributed by atoms with E-state index in [4.69, 9.17) is 4.99 Å². The molecule has 1 fully saturated rings. The van der Waals surface area contributed by atoms with Crippen molar-refractivity contribution in [1.29, 1.82) is 0 Å². The van der Waals surface area contributed by atoms with Crippen molar-refractivity contribution in [2.45, 2.75) is 25.2 Å². The van der Waals surface area contributed by atoms with Crippen LogP contribution in [0.25, 0.3) is 0 Å². The highest BCUT2D eigenvalue weighted by atomic mass is 16.2. The minimum absolute atomic E-state index is 0.124. The van der Waals surface area contributed by atoms with Crippen LogP contribution in [0.1, 0.15) is 39.3 Å². The number of para-hydroxylation sites is 1. The number of benzene rings is 4. The molecule has 0 spiro atoms. The lowest BCUT2D eigenvalue weighted by atomic mass is 9.52. The largest absolute Gasteiger partial charge is 0.274 e. The summed E-state index contributed by atoms with van der Waals surface area (Å²) in [6.07, 6.45) is 1.94. The van der Waals surface area contributed by atoms with E-state index in [1.165, 1.54) is 4.90 Å². The third-order valence-corrected chi connectivity index (χ3v) is 8.46. The van der Waals surface area contributed by atoms with Crippen LogP contribution in [0.2, 0.25) is 0 Å². The number of hydrogen-bond donors (Lipinski definition) is 0. The van der Waals surface area contributed by atoms with Gasteiger partial charge in [-0.3, -0.25) is 14.6 Å². The predicted octanol–water partition coefficient (Wildman–Crippen LogP) is 6.26. The number of anilines is 1. The molecular weight excluding hydrogens is 456 g/mol. The fraction of sp³-hybridized carbons (Fsp3) is 0.182. The summed E-state index contributed by atoms with van der Waals surface area (Å²) in [6.45, 7) is 3.99. The van der Waals surface area contributed by atoms with Gasteiger partial charge in [0.2, 0.25) is 11.8 Å². The maximum Gasteiger partial charge on any atom is 0.239 e. The van der Waals surface area contributed by atoms with Gasteiger partial charge in [-0.2, -0.15) is 0 Å². The third-order valence-electron chi connectivity index (χ3n) is 8.46. The summed E-state index contributed by atoms with van der Waals surface area (Å²) in [4.78, 5) is 35.2. The summed E-state index contributed by atoms with van der Waals surface area (Å²) < 4.78 is 0. The van der Waals surface area contributed by atoms with Crippen molar-refractivity contribution in [2.75, 3.05) is 4.90 Å². The van der Waals surface area contributed by atoms with Gasteiger partial charge in [-0.15, -0.1) is 0 Å². The summed E-state index contributed by atoms with van der Waals surface area (Å²) in [7, 11) is 0. The van der Waals surface area contributed by atoms with E-state index in [2.05, 4.69) is 36.4 Å². The molecule has 0 aromatic heterocycles. The zero-order valence-electron chi connectivity index (χ0n) is 20.8. The average Bonchev–Trinajstić information content (AvgIpc) is 3.15. The van der Waals surface area contributed by atoms with Crippen molar-refractivity contribution in [1.82, 2.24) is 0 Å². The Morgan fingerprint density at radius 1 is 0.811 bits per heavy atom. The molecule has 5 aliphatic carbocycles. The van der Waals surface area contributed by atoms with Crippen LogP contribution in [0.5, 0.6) is 0 Å². The molecule has 2 amide bonds. The molecule has 4 nitrogen and oxygen atoms in total. The summed E-state index contributed by atoms with van der Waals surface area (Å²) in [5, 5.41) is 0. The second-order valence-corrected chi connectivity index (χ2v) is 10.5. The molecule has 4 aromatic rings. The summed E-state index contributed by atoms with van der Waals surface area (Å²) in [5.41, 5.74) is 6.87. The van der Waals surface area contributed by atoms with E-state index in [9.17, 15) is 9.59 Å². The number of aliphatic imine (C=N–C) groups is 1. The maximum absolute atomic E-state index is 14.5. The van der Waals surface area contributed by atoms with Crippen LogP contribution in [-0.4, -0.2) is 18.0 Å². The van der Waals surface area contributed by atoms with E-state index in [-0.39, 0.29) is 17.7 Å². The van der Waals surface area contributed by atoms with E-state index < -0.39 is 17.3 Å². The Kier molecular flexibility index (Phi) is 4.65. The van der Waals surface area contributed by atoms with Gasteiger partial charge in [-0.25, -0.2) is 4.90 Å². The molecule has 10 rings (SSSR count). The number of hydrogen-bond acceptors (Lipinski definition) is 3. The van der Waals surface area contributed by atoms with Crippen LogP contribution in [0, 0.1) is 25.7 Å². The molecule has 0 N–H and O–H groups in total. The Labute approximate surface area is 216 Å². The molecule has 1 aliphatic heterocycles. The molecule has 1 saturated heterocycles. The zero-order chi connectivity index (χ0) is 25.3. The second kappa shape index (κ2) is 7.84. The van der Waals surface area contributed by atoms with E-state index >= 15 is 0 Å². The van der Waals surface area contributed by atoms with Crippen LogP contribution < -0.4 is 4.90 Å². The standard InChI is InChI=1S/C33H26N2O2/c1-20-12-17-27(21(2)18-20)35-31(36)29-28-22-13-15-23(16-14-22)33(30(29)32(35)37,26-11-7-6-10-25(26)28)19-34-24-8-4-3-5-9-24/h3-19,28-30H,1-2H3/t28-,29-,30-,33-/m0/s1. The minimum atomic E-state index is -0.868. The summed E-state index contributed by atoms with van der Waals surface area (Å²) in [6, 6.07) is 32.4. The van der Waals surface area contributed by atoms with Crippen LogP contribution >= 0.6 is 0 Å². The molecule has 180 valence electrons. The number of carbonyl (C=O) groups is 2. The fourth-order valence-corrected chi connectivity index (χ4v) is 6.91. The first-order chi connectivity index (χ1) is 18.0. The van der Waals surface area contributed by atoms with Crippen LogP contribution in [0.15, 0.2) is 102 Å². The number of aryl methyl sites for hydroxylation is 2. The topological polar surface area (TPSA) is 49.7 Å². The van der Waals surface area contributed by atoms with Gasteiger partial charge in [-0.05, 0) is 59.9 Å². The smallest absolute Gasteiger partial charge is 0.239 e. The van der Waals surface area contributed by atoms with Crippen molar-refractivity contribution < 1.29 is 9.59 Å². The Morgan fingerprint density at radius 3 is 2.30 bits per heavy atom. The van der Waals surface area contributed by atoms with Crippen molar-refractivity contribution in [3.8, 4) is 0 Å². The van der Waals surface area contributed by atoms with Crippen LogP contribution in [0.3, 0.4) is 0 Å². The Balaban J connectivity index is 1.52. The highest BCUT2D eigenvalue weighted by molar-refractivity contribution is 6.25. The highest BCUT2D eigenvalue weighted by Crippen LogP contribution is 2.60. The van der Waals surface area contributed by atoms with Gasteiger partial charge >= 0.3 is 0 Å². The average molecular weight is 483 g/mol. The first kappa shape index (κ1) is 21.9. The van der Waals surface area contributed by atoms with Gasteiger partial charge in [0, 0.05) is 12.1 Å².